The van der Waals surface area contributed by atoms with Gasteiger partial charge in [0.25, 0.3) is 5.91 Å². The van der Waals surface area contributed by atoms with Gasteiger partial charge in [-0.15, -0.1) is 0 Å². The second kappa shape index (κ2) is 6.95. The van der Waals surface area contributed by atoms with Crippen LogP contribution in [0.1, 0.15) is 21.5 Å². The number of hydrogen-bond donors (Lipinski definition) is 1. The van der Waals surface area contributed by atoms with E-state index in [0.29, 0.717) is 5.56 Å². The van der Waals surface area contributed by atoms with Crippen molar-refractivity contribution in [1.82, 2.24) is 0 Å². The van der Waals surface area contributed by atoms with Gasteiger partial charge in [-0.25, -0.2) is 0 Å². The summed E-state index contributed by atoms with van der Waals surface area (Å²) in [6, 6.07) is 13.5. The van der Waals surface area contributed by atoms with Gasteiger partial charge >= 0.3 is 0 Å². The molecule has 0 bridgehead atoms. The van der Waals surface area contributed by atoms with E-state index in [1.54, 1.807) is 11.8 Å². The fourth-order valence-electron chi connectivity index (χ4n) is 1.79. The molecule has 0 saturated carbocycles. The van der Waals surface area contributed by atoms with Gasteiger partial charge in [0.2, 0.25) is 0 Å². The molecule has 1 amide bonds. The highest BCUT2D eigenvalue weighted by atomic mass is 79.9. The lowest BCUT2D eigenvalue weighted by molar-refractivity contribution is 0.102. The van der Waals surface area contributed by atoms with Gasteiger partial charge in [-0.05, 0) is 48.6 Å². The van der Waals surface area contributed by atoms with Crippen LogP contribution in [0, 0.1) is 6.92 Å². The molecule has 0 atom stereocenters. The number of anilines is 1. The van der Waals surface area contributed by atoms with E-state index in [4.69, 9.17) is 0 Å². The summed E-state index contributed by atoms with van der Waals surface area (Å²) >= 11 is 5.23. The molecule has 2 rings (SSSR count). The van der Waals surface area contributed by atoms with Crippen LogP contribution >= 0.6 is 27.7 Å². The maximum atomic E-state index is 12.1. The third-order valence-corrected chi connectivity index (χ3v) is 4.43. The Bertz CT molecular complexity index is 610. The van der Waals surface area contributed by atoms with Gasteiger partial charge in [0.1, 0.15) is 0 Å². The molecule has 4 heteroatoms. The van der Waals surface area contributed by atoms with Crippen molar-refractivity contribution >= 4 is 39.3 Å². The summed E-state index contributed by atoms with van der Waals surface area (Å²) in [6.07, 6.45) is 2.07. The van der Waals surface area contributed by atoms with E-state index in [2.05, 4.69) is 27.5 Å². The first-order valence-corrected chi connectivity index (χ1v) is 8.44. The number of rotatable bonds is 4. The molecule has 0 fully saturated rings. The molecule has 0 aliphatic carbocycles. The van der Waals surface area contributed by atoms with Crippen LogP contribution in [-0.4, -0.2) is 12.2 Å². The first kappa shape index (κ1) is 15.1. The Hall–Kier alpha value is -1.26. The van der Waals surface area contributed by atoms with Gasteiger partial charge in [0, 0.05) is 21.5 Å². The highest BCUT2D eigenvalue weighted by molar-refractivity contribution is 9.10. The lowest BCUT2D eigenvalue weighted by atomic mass is 10.1. The molecule has 0 aromatic heterocycles. The van der Waals surface area contributed by atoms with E-state index in [1.165, 1.54) is 5.56 Å². The smallest absolute Gasteiger partial charge is 0.255 e. The van der Waals surface area contributed by atoms with Gasteiger partial charge in [-0.2, -0.15) is 11.8 Å². The Morgan fingerprint density at radius 1 is 1.20 bits per heavy atom. The van der Waals surface area contributed by atoms with Crippen LogP contribution in [0.25, 0.3) is 0 Å². The number of amides is 1. The number of carbonyl (C=O) groups is 1. The maximum Gasteiger partial charge on any atom is 0.255 e. The van der Waals surface area contributed by atoms with Crippen molar-refractivity contribution in [3.05, 3.63) is 63.6 Å². The predicted octanol–water partition coefficient (Wildman–Crippen LogP) is 4.87. The van der Waals surface area contributed by atoms with Crippen LogP contribution in [-0.2, 0) is 5.75 Å². The fraction of sp³-hybridized carbons (Fsp3) is 0.188. The first-order chi connectivity index (χ1) is 9.60. The lowest BCUT2D eigenvalue weighted by Gasteiger charge is -2.07. The third-order valence-electron chi connectivity index (χ3n) is 2.96. The molecular weight excluding hydrogens is 334 g/mol. The SMILES string of the molecule is CSCc1ccc(C(=O)Nc2ccc(C)c(Br)c2)cc1. The van der Waals surface area contributed by atoms with Gasteiger partial charge in [-0.3, -0.25) is 4.79 Å². The van der Waals surface area contributed by atoms with E-state index < -0.39 is 0 Å². The molecule has 2 nitrogen and oxygen atoms in total. The molecular formula is C16H16BrNOS. The zero-order valence-electron chi connectivity index (χ0n) is 11.4. The van der Waals surface area contributed by atoms with E-state index in [-0.39, 0.29) is 5.91 Å². The van der Waals surface area contributed by atoms with Crippen molar-refractivity contribution in [2.75, 3.05) is 11.6 Å². The molecule has 20 heavy (non-hydrogen) atoms. The van der Waals surface area contributed by atoms with Crippen LogP contribution in [0.15, 0.2) is 46.9 Å². The van der Waals surface area contributed by atoms with E-state index >= 15 is 0 Å². The minimum absolute atomic E-state index is 0.0866. The van der Waals surface area contributed by atoms with Crippen molar-refractivity contribution in [2.45, 2.75) is 12.7 Å². The Morgan fingerprint density at radius 2 is 1.90 bits per heavy atom. The summed E-state index contributed by atoms with van der Waals surface area (Å²) < 4.78 is 0.991. The highest BCUT2D eigenvalue weighted by Gasteiger charge is 2.06. The standard InChI is InChI=1S/C16H16BrNOS/c1-11-3-8-14(9-15(11)17)18-16(19)13-6-4-12(5-7-13)10-20-2/h3-9H,10H2,1-2H3,(H,18,19). The summed E-state index contributed by atoms with van der Waals surface area (Å²) in [5, 5.41) is 2.90. The number of thioether (sulfide) groups is 1. The third kappa shape index (κ3) is 3.87. The topological polar surface area (TPSA) is 29.1 Å². The molecule has 0 heterocycles. The number of hydrogen-bond acceptors (Lipinski definition) is 2. The molecule has 0 saturated heterocycles. The lowest BCUT2D eigenvalue weighted by Crippen LogP contribution is -2.11. The van der Waals surface area contributed by atoms with E-state index in [1.807, 2.05) is 49.4 Å². The van der Waals surface area contributed by atoms with Gasteiger partial charge < -0.3 is 5.32 Å². The molecule has 2 aromatic carbocycles. The maximum absolute atomic E-state index is 12.1. The average molecular weight is 350 g/mol. The van der Waals surface area contributed by atoms with Crippen LogP contribution < -0.4 is 5.32 Å². The zero-order chi connectivity index (χ0) is 14.5. The summed E-state index contributed by atoms with van der Waals surface area (Å²) in [7, 11) is 0. The predicted molar refractivity (Wildman–Crippen MR) is 90.5 cm³/mol. The monoisotopic (exact) mass is 349 g/mol. The van der Waals surface area contributed by atoms with Crippen LogP contribution in [0.3, 0.4) is 0 Å². The van der Waals surface area contributed by atoms with Gasteiger partial charge in [0.15, 0.2) is 0 Å². The van der Waals surface area contributed by atoms with Crippen molar-refractivity contribution in [2.24, 2.45) is 0 Å². The van der Waals surface area contributed by atoms with Crippen molar-refractivity contribution < 1.29 is 4.79 Å². The quantitative estimate of drug-likeness (QED) is 0.852. The molecule has 2 aromatic rings. The van der Waals surface area contributed by atoms with E-state index in [9.17, 15) is 4.79 Å². The number of benzene rings is 2. The van der Waals surface area contributed by atoms with Gasteiger partial charge in [0.05, 0.1) is 0 Å². The first-order valence-electron chi connectivity index (χ1n) is 6.25. The minimum Gasteiger partial charge on any atom is -0.322 e. The molecule has 0 unspecified atom stereocenters. The number of halogens is 1. The second-order valence-electron chi connectivity index (χ2n) is 4.55. The molecule has 1 N–H and O–H groups in total. The Balaban J connectivity index is 2.09. The van der Waals surface area contributed by atoms with Crippen molar-refractivity contribution in [3.8, 4) is 0 Å². The summed E-state index contributed by atoms with van der Waals surface area (Å²) in [4.78, 5) is 12.1. The highest BCUT2D eigenvalue weighted by Crippen LogP contribution is 2.21. The molecule has 0 aliphatic heterocycles. The largest absolute Gasteiger partial charge is 0.322 e. The molecule has 104 valence electrons. The molecule has 0 radical (unpaired) electrons. The minimum atomic E-state index is -0.0866. The number of aryl methyl sites for hydroxylation is 1. The summed E-state index contributed by atoms with van der Waals surface area (Å²) in [6.45, 7) is 2.01. The van der Waals surface area contributed by atoms with E-state index in [0.717, 1.165) is 21.5 Å². The number of nitrogens with one attached hydrogen (secondary N) is 1. The molecule has 0 spiro atoms. The van der Waals surface area contributed by atoms with Crippen LogP contribution in [0.2, 0.25) is 0 Å². The second-order valence-corrected chi connectivity index (χ2v) is 6.27. The normalized spacial score (nSPS) is 10.3. The van der Waals surface area contributed by atoms with Crippen molar-refractivity contribution in [3.63, 3.8) is 0 Å². The van der Waals surface area contributed by atoms with Gasteiger partial charge in [-0.1, -0.05) is 34.1 Å². The Labute approximate surface area is 132 Å². The van der Waals surface area contributed by atoms with Crippen molar-refractivity contribution in [1.29, 1.82) is 0 Å². The van der Waals surface area contributed by atoms with Crippen LogP contribution in [0.4, 0.5) is 5.69 Å². The summed E-state index contributed by atoms with van der Waals surface area (Å²) in [5.74, 6) is 0.878. The Kier molecular flexibility index (Phi) is 5.26. The number of carbonyl (C=O) groups excluding carboxylic acids is 1. The van der Waals surface area contributed by atoms with Crippen LogP contribution in [0.5, 0.6) is 0 Å². The fourth-order valence-corrected chi connectivity index (χ4v) is 2.70. The Morgan fingerprint density at radius 3 is 2.50 bits per heavy atom. The summed E-state index contributed by atoms with van der Waals surface area (Å²) in [5.41, 5.74) is 3.84. The average Bonchev–Trinajstić information content (AvgIpc) is 2.44. The zero-order valence-corrected chi connectivity index (χ0v) is 13.8. The molecule has 0 aliphatic rings.